The van der Waals surface area contributed by atoms with Gasteiger partial charge in [0.1, 0.15) is 6.33 Å². The van der Waals surface area contributed by atoms with Crippen molar-refractivity contribution in [3.8, 4) is 0 Å². The molecule has 0 saturated carbocycles. The van der Waals surface area contributed by atoms with Crippen LogP contribution in [0.2, 0.25) is 0 Å². The fourth-order valence-corrected chi connectivity index (χ4v) is 0.857. The molecule has 0 aliphatic heterocycles. The van der Waals surface area contributed by atoms with Gasteiger partial charge in [0.2, 0.25) is 0 Å². The Morgan fingerprint density at radius 3 is 3.00 bits per heavy atom. The zero-order valence-electron chi connectivity index (χ0n) is 5.92. The lowest BCUT2D eigenvalue weighted by molar-refractivity contribution is 0.751. The van der Waals surface area contributed by atoms with E-state index in [2.05, 4.69) is 17.0 Å². The van der Waals surface area contributed by atoms with Gasteiger partial charge in [-0.1, -0.05) is 13.3 Å². The lowest BCUT2D eigenvalue weighted by atomic mass is 10.2. The maximum Gasteiger partial charge on any atom is 0.152 e. The molecule has 0 saturated heterocycles. The number of rotatable bonds is 3. The maximum absolute atomic E-state index is 5.48. The molecule has 0 aliphatic rings. The summed E-state index contributed by atoms with van der Waals surface area (Å²) < 4.78 is 1.21. The summed E-state index contributed by atoms with van der Waals surface area (Å²) in [4.78, 5) is 3.97. The Balaban J connectivity index is 2.42. The highest BCUT2D eigenvalue weighted by Gasteiger charge is 1.96. The Kier molecular flexibility index (Phi) is 2.68. The number of nitrogens with zero attached hydrogens (tertiary/aromatic N) is 3. The molecule has 10 heavy (non-hydrogen) atoms. The van der Waals surface area contributed by atoms with E-state index in [1.54, 1.807) is 0 Å². The minimum absolute atomic E-state index is 0.830. The molecular weight excluding hydrogens is 150 g/mol. The van der Waals surface area contributed by atoms with Crippen molar-refractivity contribution >= 4 is 11.8 Å². The molecule has 0 bridgehead atoms. The van der Waals surface area contributed by atoms with E-state index in [0.29, 0.717) is 0 Å². The zero-order chi connectivity index (χ0) is 7.40. The number of halogens is 1. The van der Waals surface area contributed by atoms with Crippen molar-refractivity contribution in [2.24, 2.45) is 0 Å². The van der Waals surface area contributed by atoms with Crippen molar-refractivity contribution in [2.45, 2.75) is 26.2 Å². The van der Waals surface area contributed by atoms with Gasteiger partial charge in [-0.15, -0.1) is 5.10 Å². The van der Waals surface area contributed by atoms with Crippen LogP contribution < -0.4 is 0 Å². The summed E-state index contributed by atoms with van der Waals surface area (Å²) in [6.07, 6.45) is 4.72. The van der Waals surface area contributed by atoms with E-state index >= 15 is 0 Å². The fraction of sp³-hybridized carbons (Fsp3) is 0.667. The minimum Gasteiger partial charge on any atom is -0.218 e. The Morgan fingerprint density at radius 1 is 1.70 bits per heavy atom. The molecule has 0 unspecified atom stereocenters. The first-order valence-corrected chi connectivity index (χ1v) is 3.73. The van der Waals surface area contributed by atoms with Crippen LogP contribution in [0.3, 0.4) is 0 Å². The third-order valence-electron chi connectivity index (χ3n) is 1.27. The standard InChI is InChI=1S/C6H10ClN3/c1-2-3-4-6-8-5-10(7)9-6/h5H,2-4H2,1H3. The normalized spacial score (nSPS) is 10.2. The molecule has 0 radical (unpaired) electrons. The third-order valence-corrected chi connectivity index (χ3v) is 1.43. The number of hydrogen-bond acceptors (Lipinski definition) is 2. The largest absolute Gasteiger partial charge is 0.218 e. The molecule has 0 atom stereocenters. The second-order valence-electron chi connectivity index (χ2n) is 2.15. The highest BCUT2D eigenvalue weighted by molar-refractivity contribution is 6.14. The molecule has 0 N–H and O–H groups in total. The van der Waals surface area contributed by atoms with Crippen molar-refractivity contribution in [1.82, 2.24) is 14.3 Å². The summed E-state index contributed by atoms with van der Waals surface area (Å²) in [6, 6.07) is 0. The van der Waals surface area contributed by atoms with E-state index in [0.717, 1.165) is 25.1 Å². The van der Waals surface area contributed by atoms with Gasteiger partial charge in [-0.05, 0) is 6.42 Å². The first-order chi connectivity index (χ1) is 4.83. The average molecular weight is 160 g/mol. The van der Waals surface area contributed by atoms with Gasteiger partial charge in [-0.25, -0.2) is 4.98 Å². The van der Waals surface area contributed by atoms with Gasteiger partial charge in [0, 0.05) is 18.2 Å². The molecule has 56 valence electrons. The van der Waals surface area contributed by atoms with Crippen LogP contribution in [0, 0.1) is 0 Å². The number of hydrogen-bond donors (Lipinski definition) is 0. The van der Waals surface area contributed by atoms with Crippen molar-refractivity contribution in [1.29, 1.82) is 0 Å². The average Bonchev–Trinajstić information content (AvgIpc) is 2.31. The summed E-state index contributed by atoms with van der Waals surface area (Å²) in [7, 11) is 0. The lowest BCUT2D eigenvalue weighted by Gasteiger charge is -1.88. The van der Waals surface area contributed by atoms with Crippen LogP contribution in [0.4, 0.5) is 0 Å². The highest BCUT2D eigenvalue weighted by atomic mass is 35.5. The van der Waals surface area contributed by atoms with Gasteiger partial charge >= 0.3 is 0 Å². The zero-order valence-corrected chi connectivity index (χ0v) is 6.67. The van der Waals surface area contributed by atoms with Crippen molar-refractivity contribution in [3.63, 3.8) is 0 Å². The topological polar surface area (TPSA) is 30.7 Å². The van der Waals surface area contributed by atoms with Crippen LogP contribution in [0.15, 0.2) is 6.33 Å². The molecule has 3 nitrogen and oxygen atoms in total. The van der Waals surface area contributed by atoms with Gasteiger partial charge in [0.15, 0.2) is 5.82 Å². The third kappa shape index (κ3) is 1.99. The van der Waals surface area contributed by atoms with Gasteiger partial charge in [-0.3, -0.25) is 0 Å². The van der Waals surface area contributed by atoms with Crippen LogP contribution in [0.5, 0.6) is 0 Å². The number of aryl methyl sites for hydroxylation is 1. The molecule has 1 rings (SSSR count). The van der Waals surface area contributed by atoms with E-state index in [-0.39, 0.29) is 0 Å². The molecular formula is C6H10ClN3. The molecule has 1 aromatic rings. The SMILES string of the molecule is CCCCc1ncn(Cl)n1. The second-order valence-corrected chi connectivity index (χ2v) is 2.50. The molecule has 0 spiro atoms. The van der Waals surface area contributed by atoms with Crippen molar-refractivity contribution in [2.75, 3.05) is 0 Å². The molecule has 0 fully saturated rings. The van der Waals surface area contributed by atoms with E-state index in [1.165, 1.54) is 10.5 Å². The predicted octanol–water partition coefficient (Wildman–Crippen LogP) is 1.62. The van der Waals surface area contributed by atoms with Crippen molar-refractivity contribution < 1.29 is 0 Å². The summed E-state index contributed by atoms with van der Waals surface area (Å²) in [5.74, 6) is 0.830. The van der Waals surface area contributed by atoms with Gasteiger partial charge in [-0.2, -0.15) is 4.20 Å². The highest BCUT2D eigenvalue weighted by Crippen LogP contribution is 1.98. The molecule has 0 aromatic carbocycles. The Hall–Kier alpha value is -0.570. The summed E-state index contributed by atoms with van der Waals surface area (Å²) in [5, 5.41) is 3.92. The van der Waals surface area contributed by atoms with Gasteiger partial charge < -0.3 is 0 Å². The van der Waals surface area contributed by atoms with E-state index < -0.39 is 0 Å². The molecule has 0 amide bonds. The first kappa shape index (κ1) is 7.54. The second kappa shape index (κ2) is 3.56. The molecule has 1 heterocycles. The van der Waals surface area contributed by atoms with Crippen LogP contribution in [0.25, 0.3) is 0 Å². The van der Waals surface area contributed by atoms with E-state index in [1.807, 2.05) is 0 Å². The van der Waals surface area contributed by atoms with E-state index in [9.17, 15) is 0 Å². The van der Waals surface area contributed by atoms with Crippen LogP contribution in [0.1, 0.15) is 25.6 Å². The van der Waals surface area contributed by atoms with Crippen LogP contribution >= 0.6 is 11.8 Å². The quantitative estimate of drug-likeness (QED) is 0.671. The van der Waals surface area contributed by atoms with Crippen molar-refractivity contribution in [3.05, 3.63) is 12.2 Å². The Morgan fingerprint density at radius 2 is 2.50 bits per heavy atom. The Labute approximate surface area is 65.1 Å². The fourth-order valence-electron chi connectivity index (χ4n) is 0.726. The maximum atomic E-state index is 5.48. The summed E-state index contributed by atoms with van der Waals surface area (Å²) in [5.41, 5.74) is 0. The Bertz CT molecular complexity index is 197. The van der Waals surface area contributed by atoms with Gasteiger partial charge in [0.05, 0.1) is 0 Å². The minimum atomic E-state index is 0.830. The van der Waals surface area contributed by atoms with Gasteiger partial charge in [0.25, 0.3) is 0 Å². The van der Waals surface area contributed by atoms with Crippen LogP contribution in [-0.2, 0) is 6.42 Å². The lowest BCUT2D eigenvalue weighted by Crippen LogP contribution is -1.88. The smallest absolute Gasteiger partial charge is 0.152 e. The first-order valence-electron chi connectivity index (χ1n) is 3.39. The predicted molar refractivity (Wildman–Crippen MR) is 39.9 cm³/mol. The molecule has 4 heteroatoms. The number of unbranched alkanes of at least 4 members (excludes halogenated alkanes) is 1. The van der Waals surface area contributed by atoms with E-state index in [4.69, 9.17) is 11.8 Å². The van der Waals surface area contributed by atoms with Crippen LogP contribution in [-0.4, -0.2) is 14.3 Å². The molecule has 0 aliphatic carbocycles. The summed E-state index contributed by atoms with van der Waals surface area (Å²) >= 11 is 5.48. The number of aromatic nitrogens is 3. The monoisotopic (exact) mass is 159 g/mol. The summed E-state index contributed by atoms with van der Waals surface area (Å²) in [6.45, 7) is 2.14. The molecule has 1 aromatic heterocycles.